The van der Waals surface area contributed by atoms with Crippen molar-refractivity contribution < 1.29 is 38.7 Å². The summed E-state index contributed by atoms with van der Waals surface area (Å²) < 4.78 is 23.6. The molecule has 0 unspecified atom stereocenters. The molecule has 0 aliphatic heterocycles. The number of hydrogen-bond donors (Lipinski definition) is 2. The number of carbonyl (C=O) groups is 2. The molecule has 0 radical (unpaired) electrons. The minimum Gasteiger partial charge on any atom is -0.489 e. The number of unbranched alkanes of at least 4 members (excludes halogenated alkanes) is 1. The van der Waals surface area contributed by atoms with Crippen molar-refractivity contribution in [3.63, 3.8) is 0 Å². The summed E-state index contributed by atoms with van der Waals surface area (Å²) in [5, 5.41) is 18.9. The Morgan fingerprint density at radius 1 is 0.686 bits per heavy atom. The highest BCUT2D eigenvalue weighted by Gasteiger charge is 2.29. The normalized spacial score (nSPS) is 17.0. The lowest BCUT2D eigenvalue weighted by Gasteiger charge is -2.29. The van der Waals surface area contributed by atoms with Gasteiger partial charge in [0, 0.05) is 23.3 Å². The molecule has 8 nitrogen and oxygen atoms in total. The van der Waals surface area contributed by atoms with Gasteiger partial charge in [-0.05, 0) is 136 Å². The molecule has 0 amide bonds. The van der Waals surface area contributed by atoms with Gasteiger partial charge >= 0.3 is 11.9 Å². The van der Waals surface area contributed by atoms with Crippen molar-refractivity contribution in [3.05, 3.63) is 84.0 Å². The first-order chi connectivity index (χ1) is 24.6. The summed E-state index contributed by atoms with van der Waals surface area (Å²) >= 11 is 0. The number of rotatable bonds is 17. The van der Waals surface area contributed by atoms with Crippen LogP contribution in [0.3, 0.4) is 0 Å². The summed E-state index contributed by atoms with van der Waals surface area (Å²) in [6.07, 6.45) is 10.4. The van der Waals surface area contributed by atoms with E-state index in [4.69, 9.17) is 18.9 Å². The molecule has 2 aliphatic rings. The monoisotopic (exact) mass is 696 g/mol. The Morgan fingerprint density at radius 2 is 1.33 bits per heavy atom. The van der Waals surface area contributed by atoms with Crippen LogP contribution in [0.25, 0.3) is 22.3 Å². The predicted octanol–water partition coefficient (Wildman–Crippen LogP) is 8.89. The maximum absolute atomic E-state index is 13.0. The van der Waals surface area contributed by atoms with Crippen molar-refractivity contribution in [2.75, 3.05) is 26.4 Å². The molecule has 5 rings (SSSR count). The summed E-state index contributed by atoms with van der Waals surface area (Å²) in [5.41, 5.74) is 6.02. The Balaban J connectivity index is 1.57. The fourth-order valence-corrected chi connectivity index (χ4v) is 6.81. The van der Waals surface area contributed by atoms with E-state index in [1.807, 2.05) is 12.1 Å². The van der Waals surface area contributed by atoms with Crippen LogP contribution in [-0.4, -0.2) is 48.6 Å². The molecule has 0 atom stereocenters. The number of aliphatic hydroxyl groups is 2. The lowest BCUT2D eigenvalue weighted by molar-refractivity contribution is -0.131. The van der Waals surface area contributed by atoms with Gasteiger partial charge in [0.1, 0.15) is 6.61 Å². The molecular formula is C43H52O8. The van der Waals surface area contributed by atoms with Crippen LogP contribution in [0.4, 0.5) is 0 Å². The summed E-state index contributed by atoms with van der Waals surface area (Å²) in [4.78, 5) is 25.4. The van der Waals surface area contributed by atoms with Crippen LogP contribution in [0.2, 0.25) is 0 Å². The summed E-state index contributed by atoms with van der Waals surface area (Å²) in [5.74, 6) is 2.19. The molecule has 51 heavy (non-hydrogen) atoms. The Kier molecular flexibility index (Phi) is 13.1. The second-order valence-corrected chi connectivity index (χ2v) is 14.2. The Bertz CT molecular complexity index is 1730. The smallest absolute Gasteiger partial charge is 0.338 e. The van der Waals surface area contributed by atoms with E-state index in [2.05, 4.69) is 38.3 Å². The van der Waals surface area contributed by atoms with Gasteiger partial charge in [0.2, 0.25) is 0 Å². The molecule has 0 bridgehead atoms. The lowest BCUT2D eigenvalue weighted by atomic mass is 9.76. The highest BCUT2D eigenvalue weighted by Crippen LogP contribution is 2.47. The summed E-state index contributed by atoms with van der Waals surface area (Å²) in [7, 11) is 0. The van der Waals surface area contributed by atoms with E-state index in [1.165, 1.54) is 50.5 Å². The van der Waals surface area contributed by atoms with Crippen LogP contribution in [0.1, 0.15) is 88.7 Å². The van der Waals surface area contributed by atoms with Gasteiger partial charge in [0.25, 0.3) is 0 Å². The van der Waals surface area contributed by atoms with Gasteiger partial charge in [0.05, 0.1) is 13.2 Å². The fourth-order valence-electron chi connectivity index (χ4n) is 6.81. The van der Waals surface area contributed by atoms with E-state index >= 15 is 0 Å². The zero-order valence-electron chi connectivity index (χ0n) is 30.3. The van der Waals surface area contributed by atoms with E-state index in [1.54, 1.807) is 32.0 Å². The highest BCUT2D eigenvalue weighted by atomic mass is 16.6. The van der Waals surface area contributed by atoms with Crippen LogP contribution >= 0.6 is 0 Å². The lowest BCUT2D eigenvalue weighted by Crippen LogP contribution is -2.14. The van der Waals surface area contributed by atoms with Crippen molar-refractivity contribution >= 4 is 11.9 Å². The molecule has 2 saturated carbocycles. The Morgan fingerprint density at radius 3 is 1.94 bits per heavy atom. The fraction of sp³-hybridized carbons (Fsp3) is 0.442. The SMILES string of the molecule is C=C(C)C(=O)Oc1ccc(-c2cc(-c3ccc(C4CCC(CC5CC5)CC4)cc3C)cc(OC(=O)C(=C)C)c2OCCCCO)cc1OCCO. The summed E-state index contributed by atoms with van der Waals surface area (Å²) in [6, 6.07) is 15.6. The molecule has 8 heteroatoms. The number of esters is 2. The largest absolute Gasteiger partial charge is 0.489 e. The second kappa shape index (κ2) is 17.7. The van der Waals surface area contributed by atoms with E-state index in [-0.39, 0.29) is 54.8 Å². The first-order valence-electron chi connectivity index (χ1n) is 18.2. The topological polar surface area (TPSA) is 112 Å². The van der Waals surface area contributed by atoms with Gasteiger partial charge in [-0.2, -0.15) is 0 Å². The quantitative estimate of drug-likeness (QED) is 0.0623. The number of hydrogen-bond acceptors (Lipinski definition) is 8. The second-order valence-electron chi connectivity index (χ2n) is 14.2. The number of aliphatic hydroxyl groups excluding tert-OH is 2. The first kappa shape index (κ1) is 37.8. The van der Waals surface area contributed by atoms with Gasteiger partial charge in [-0.1, -0.05) is 50.3 Å². The highest BCUT2D eigenvalue weighted by molar-refractivity contribution is 5.92. The van der Waals surface area contributed by atoms with E-state index < -0.39 is 11.9 Å². The molecule has 0 heterocycles. The maximum atomic E-state index is 13.0. The zero-order chi connectivity index (χ0) is 36.5. The zero-order valence-corrected chi connectivity index (χ0v) is 30.3. The van der Waals surface area contributed by atoms with E-state index in [0.29, 0.717) is 35.6 Å². The third-order valence-electron chi connectivity index (χ3n) is 9.80. The Labute approximate surface area is 302 Å². The maximum Gasteiger partial charge on any atom is 0.338 e. The molecule has 0 spiro atoms. The molecule has 2 N–H and O–H groups in total. The van der Waals surface area contributed by atoms with Crippen LogP contribution in [0, 0.1) is 18.8 Å². The number of benzene rings is 3. The molecule has 3 aromatic rings. The number of aryl methyl sites for hydroxylation is 1. The molecular weight excluding hydrogens is 644 g/mol. The minimum absolute atomic E-state index is 0.0270. The minimum atomic E-state index is -0.606. The van der Waals surface area contributed by atoms with Gasteiger partial charge < -0.3 is 29.2 Å². The van der Waals surface area contributed by atoms with E-state index in [0.717, 1.165) is 28.5 Å². The summed E-state index contributed by atoms with van der Waals surface area (Å²) in [6.45, 7) is 12.7. The third-order valence-corrected chi connectivity index (χ3v) is 9.80. The van der Waals surface area contributed by atoms with Gasteiger partial charge in [-0.15, -0.1) is 0 Å². The number of carbonyl (C=O) groups excluding carboxylic acids is 2. The van der Waals surface area contributed by atoms with Crippen molar-refractivity contribution in [2.24, 2.45) is 11.8 Å². The van der Waals surface area contributed by atoms with Gasteiger partial charge in [-0.25, -0.2) is 9.59 Å². The standard InChI is InChI=1S/C43H52O8/c1-27(2)42(46)50-38-17-15-34(25-39(38)48-21-19-45)37-24-35(26-40(51-43(47)28(3)4)41(37)49-20-7-6-18-44)36-16-14-33(22-29(36)5)32-12-10-31(11-13-32)23-30-8-9-30/h14-17,22,24-26,30-32,44-45H,1,3,6-13,18-21,23H2,2,4-5H3. The van der Waals surface area contributed by atoms with Crippen molar-refractivity contribution in [1.29, 1.82) is 0 Å². The molecule has 0 aromatic heterocycles. The van der Waals surface area contributed by atoms with Crippen molar-refractivity contribution in [2.45, 2.75) is 84.5 Å². The average molecular weight is 697 g/mol. The third kappa shape index (κ3) is 10.1. The predicted molar refractivity (Wildman–Crippen MR) is 199 cm³/mol. The molecule has 2 aliphatic carbocycles. The van der Waals surface area contributed by atoms with Crippen molar-refractivity contribution in [1.82, 2.24) is 0 Å². The van der Waals surface area contributed by atoms with E-state index in [9.17, 15) is 19.8 Å². The molecule has 2 fully saturated rings. The van der Waals surface area contributed by atoms with Crippen LogP contribution in [-0.2, 0) is 9.59 Å². The van der Waals surface area contributed by atoms with Gasteiger partial charge in [-0.3, -0.25) is 0 Å². The first-order valence-corrected chi connectivity index (χ1v) is 18.2. The number of ether oxygens (including phenoxy) is 4. The molecule has 3 aromatic carbocycles. The van der Waals surface area contributed by atoms with Crippen molar-refractivity contribution in [3.8, 4) is 45.3 Å². The average Bonchev–Trinajstić information content (AvgIpc) is 3.94. The molecule has 0 saturated heterocycles. The van der Waals surface area contributed by atoms with Crippen LogP contribution in [0.15, 0.2) is 72.8 Å². The van der Waals surface area contributed by atoms with Crippen LogP contribution < -0.4 is 18.9 Å². The van der Waals surface area contributed by atoms with Gasteiger partial charge in [0.15, 0.2) is 23.0 Å². The van der Waals surface area contributed by atoms with Crippen LogP contribution in [0.5, 0.6) is 23.0 Å². The Hall–Kier alpha value is -4.40. The molecule has 272 valence electrons.